The summed E-state index contributed by atoms with van der Waals surface area (Å²) in [6.45, 7) is 4.35. The number of rotatable bonds is 5. The van der Waals surface area contributed by atoms with Gasteiger partial charge in [-0.25, -0.2) is 4.39 Å². The number of hydrogen-bond acceptors (Lipinski definition) is 2. The molecule has 1 saturated carbocycles. The Balaban J connectivity index is 1.96. The molecule has 1 fully saturated rings. The second-order valence-corrected chi connectivity index (χ2v) is 5.97. The van der Waals surface area contributed by atoms with Crippen LogP contribution in [0.25, 0.3) is 0 Å². The molecule has 2 atom stereocenters. The summed E-state index contributed by atoms with van der Waals surface area (Å²) in [6.07, 6.45) is 6.71. The second-order valence-electron chi connectivity index (χ2n) is 5.97. The molecule has 0 saturated heterocycles. The van der Waals surface area contributed by atoms with E-state index in [0.717, 1.165) is 11.5 Å². The molecule has 0 bridgehead atoms. The molecule has 112 valence electrons. The van der Waals surface area contributed by atoms with Crippen LogP contribution >= 0.6 is 0 Å². The summed E-state index contributed by atoms with van der Waals surface area (Å²) in [5.74, 6) is 0.777. The molecule has 3 heteroatoms. The van der Waals surface area contributed by atoms with Gasteiger partial charge >= 0.3 is 0 Å². The molecule has 2 nitrogen and oxygen atoms in total. The standard InChI is InChI=1S/C17H26FNO/c1-12(14-7-5-4-6-8-14)19-13(2)15-9-10-17(20-3)16(18)11-15/h9-14,19H,4-8H2,1-3H3. The molecule has 0 heterocycles. The Kier molecular flexibility index (Phi) is 5.41. The smallest absolute Gasteiger partial charge is 0.165 e. The molecule has 0 radical (unpaired) electrons. The minimum absolute atomic E-state index is 0.160. The Labute approximate surface area is 121 Å². The highest BCUT2D eigenvalue weighted by molar-refractivity contribution is 5.30. The maximum Gasteiger partial charge on any atom is 0.165 e. The molecular weight excluding hydrogens is 253 g/mol. The van der Waals surface area contributed by atoms with Crippen molar-refractivity contribution in [1.82, 2.24) is 5.32 Å². The zero-order valence-electron chi connectivity index (χ0n) is 12.8. The van der Waals surface area contributed by atoms with E-state index in [-0.39, 0.29) is 11.9 Å². The molecule has 1 aromatic carbocycles. The lowest BCUT2D eigenvalue weighted by Gasteiger charge is -2.31. The predicted molar refractivity (Wildman–Crippen MR) is 80.5 cm³/mol. The average Bonchev–Trinajstić information content (AvgIpc) is 2.48. The summed E-state index contributed by atoms with van der Waals surface area (Å²) in [5, 5.41) is 3.62. The average molecular weight is 279 g/mol. The molecule has 1 aliphatic carbocycles. The van der Waals surface area contributed by atoms with Gasteiger partial charge in [-0.05, 0) is 50.3 Å². The Hall–Kier alpha value is -1.09. The maximum atomic E-state index is 13.8. The Morgan fingerprint density at radius 3 is 2.50 bits per heavy atom. The molecule has 1 aromatic rings. The highest BCUT2D eigenvalue weighted by Gasteiger charge is 2.21. The molecular formula is C17H26FNO. The van der Waals surface area contributed by atoms with E-state index in [2.05, 4.69) is 19.2 Å². The van der Waals surface area contributed by atoms with E-state index in [4.69, 9.17) is 4.74 Å². The Morgan fingerprint density at radius 1 is 1.20 bits per heavy atom. The van der Waals surface area contributed by atoms with E-state index in [1.807, 2.05) is 6.07 Å². The van der Waals surface area contributed by atoms with Crippen molar-refractivity contribution in [2.75, 3.05) is 7.11 Å². The summed E-state index contributed by atoms with van der Waals surface area (Å²) in [6, 6.07) is 5.86. The van der Waals surface area contributed by atoms with E-state index in [9.17, 15) is 4.39 Å². The Bertz CT molecular complexity index is 429. The summed E-state index contributed by atoms with van der Waals surface area (Å²) in [7, 11) is 1.49. The summed E-state index contributed by atoms with van der Waals surface area (Å²) in [4.78, 5) is 0. The van der Waals surface area contributed by atoms with Crippen LogP contribution < -0.4 is 10.1 Å². The van der Waals surface area contributed by atoms with Crippen LogP contribution in [0.5, 0.6) is 5.75 Å². The van der Waals surface area contributed by atoms with Crippen molar-refractivity contribution >= 4 is 0 Å². The van der Waals surface area contributed by atoms with Gasteiger partial charge in [-0.15, -0.1) is 0 Å². The van der Waals surface area contributed by atoms with Crippen molar-refractivity contribution in [2.24, 2.45) is 5.92 Å². The topological polar surface area (TPSA) is 21.3 Å². The van der Waals surface area contributed by atoms with E-state index < -0.39 is 0 Å². The van der Waals surface area contributed by atoms with Gasteiger partial charge in [0, 0.05) is 12.1 Å². The van der Waals surface area contributed by atoms with Crippen LogP contribution in [0.1, 0.15) is 57.6 Å². The predicted octanol–water partition coefficient (Wildman–Crippen LogP) is 4.45. The summed E-state index contributed by atoms with van der Waals surface area (Å²) < 4.78 is 18.7. The van der Waals surface area contributed by atoms with Gasteiger partial charge in [0.25, 0.3) is 0 Å². The van der Waals surface area contributed by atoms with Crippen molar-refractivity contribution in [1.29, 1.82) is 0 Å². The number of benzene rings is 1. The van der Waals surface area contributed by atoms with Crippen LogP contribution in [0.3, 0.4) is 0 Å². The first kappa shape index (κ1) is 15.3. The fourth-order valence-corrected chi connectivity index (χ4v) is 3.21. The van der Waals surface area contributed by atoms with Crippen LogP contribution in [0, 0.1) is 11.7 Å². The van der Waals surface area contributed by atoms with E-state index in [1.54, 1.807) is 12.1 Å². The highest BCUT2D eigenvalue weighted by atomic mass is 19.1. The van der Waals surface area contributed by atoms with Gasteiger partial charge in [0.05, 0.1) is 7.11 Å². The first-order valence-corrected chi connectivity index (χ1v) is 7.71. The van der Waals surface area contributed by atoms with Gasteiger partial charge in [0.1, 0.15) is 0 Å². The third-order valence-corrected chi connectivity index (χ3v) is 4.55. The molecule has 1 N–H and O–H groups in total. The molecule has 2 rings (SSSR count). The number of halogens is 1. The lowest BCUT2D eigenvalue weighted by atomic mass is 9.84. The van der Waals surface area contributed by atoms with Gasteiger partial charge in [0.2, 0.25) is 0 Å². The number of methoxy groups -OCH3 is 1. The maximum absolute atomic E-state index is 13.8. The quantitative estimate of drug-likeness (QED) is 0.859. The number of ether oxygens (including phenoxy) is 1. The number of nitrogens with one attached hydrogen (secondary N) is 1. The van der Waals surface area contributed by atoms with E-state index in [1.165, 1.54) is 39.2 Å². The fraction of sp³-hybridized carbons (Fsp3) is 0.647. The van der Waals surface area contributed by atoms with Crippen molar-refractivity contribution in [2.45, 2.75) is 58.0 Å². The highest BCUT2D eigenvalue weighted by Crippen LogP contribution is 2.28. The van der Waals surface area contributed by atoms with Crippen molar-refractivity contribution in [3.8, 4) is 5.75 Å². The van der Waals surface area contributed by atoms with Crippen LogP contribution in [-0.4, -0.2) is 13.2 Å². The molecule has 0 aromatic heterocycles. The van der Waals surface area contributed by atoms with Gasteiger partial charge in [-0.1, -0.05) is 25.3 Å². The van der Waals surface area contributed by atoms with E-state index >= 15 is 0 Å². The van der Waals surface area contributed by atoms with Crippen molar-refractivity contribution in [3.05, 3.63) is 29.6 Å². The lowest BCUT2D eigenvalue weighted by molar-refractivity contribution is 0.268. The van der Waals surface area contributed by atoms with Crippen molar-refractivity contribution < 1.29 is 9.13 Å². The molecule has 1 aliphatic rings. The minimum atomic E-state index is -0.288. The van der Waals surface area contributed by atoms with Crippen LogP contribution in [0.4, 0.5) is 4.39 Å². The van der Waals surface area contributed by atoms with Crippen LogP contribution in [0.2, 0.25) is 0 Å². The van der Waals surface area contributed by atoms with Gasteiger partial charge in [-0.2, -0.15) is 0 Å². The second kappa shape index (κ2) is 7.07. The van der Waals surface area contributed by atoms with Crippen LogP contribution in [0.15, 0.2) is 18.2 Å². The fourth-order valence-electron chi connectivity index (χ4n) is 3.21. The van der Waals surface area contributed by atoms with Crippen molar-refractivity contribution in [3.63, 3.8) is 0 Å². The van der Waals surface area contributed by atoms with Gasteiger partial charge in [0.15, 0.2) is 11.6 Å². The normalized spacial score (nSPS) is 19.6. The zero-order valence-corrected chi connectivity index (χ0v) is 12.8. The Morgan fingerprint density at radius 2 is 1.90 bits per heavy atom. The SMILES string of the molecule is COc1ccc(C(C)NC(C)C2CCCCC2)cc1F. The number of hydrogen-bond donors (Lipinski definition) is 1. The first-order valence-electron chi connectivity index (χ1n) is 7.71. The summed E-state index contributed by atoms with van der Waals surface area (Å²) >= 11 is 0. The zero-order chi connectivity index (χ0) is 14.5. The minimum Gasteiger partial charge on any atom is -0.494 e. The first-order chi connectivity index (χ1) is 9.61. The third kappa shape index (κ3) is 3.72. The van der Waals surface area contributed by atoms with Crippen LogP contribution in [-0.2, 0) is 0 Å². The van der Waals surface area contributed by atoms with Gasteiger partial charge < -0.3 is 10.1 Å². The largest absolute Gasteiger partial charge is 0.494 e. The molecule has 0 amide bonds. The molecule has 0 spiro atoms. The summed E-state index contributed by atoms with van der Waals surface area (Å²) in [5.41, 5.74) is 0.978. The van der Waals surface area contributed by atoms with E-state index in [0.29, 0.717) is 11.8 Å². The third-order valence-electron chi connectivity index (χ3n) is 4.55. The lowest BCUT2D eigenvalue weighted by Crippen LogP contribution is -2.36. The monoisotopic (exact) mass is 279 g/mol. The molecule has 2 unspecified atom stereocenters. The van der Waals surface area contributed by atoms with Gasteiger partial charge in [-0.3, -0.25) is 0 Å². The molecule has 20 heavy (non-hydrogen) atoms. The molecule has 0 aliphatic heterocycles.